The van der Waals surface area contributed by atoms with Crippen molar-refractivity contribution in [3.63, 3.8) is 0 Å². The van der Waals surface area contributed by atoms with Crippen LogP contribution in [0.3, 0.4) is 0 Å². The predicted molar refractivity (Wildman–Crippen MR) is 124 cm³/mol. The van der Waals surface area contributed by atoms with Crippen molar-refractivity contribution in [1.29, 1.82) is 0 Å². The van der Waals surface area contributed by atoms with E-state index in [9.17, 15) is 0 Å². The van der Waals surface area contributed by atoms with Gasteiger partial charge in [0.2, 0.25) is 0 Å². The molecule has 0 saturated carbocycles. The molecule has 4 N–H and O–H groups in total. The molecule has 1 aliphatic rings. The molecule has 0 unspecified atom stereocenters. The highest BCUT2D eigenvalue weighted by Gasteiger charge is 2.13. The van der Waals surface area contributed by atoms with Gasteiger partial charge in [-0.15, -0.1) is 0 Å². The second-order valence-electron chi connectivity index (χ2n) is 8.03. The largest absolute Gasteiger partial charge is 0.493 e. The highest BCUT2D eigenvalue weighted by atomic mass is 16.5. The number of pyridine rings is 1. The summed E-state index contributed by atoms with van der Waals surface area (Å²) in [5.74, 6) is 1.68. The van der Waals surface area contributed by atoms with Gasteiger partial charge in [-0.3, -0.25) is 0 Å². The van der Waals surface area contributed by atoms with E-state index in [1.54, 1.807) is 0 Å². The lowest BCUT2D eigenvalue weighted by molar-refractivity contribution is 0.308. The van der Waals surface area contributed by atoms with Crippen molar-refractivity contribution in [2.45, 2.75) is 25.8 Å². The third-order valence-corrected chi connectivity index (χ3v) is 5.77. The van der Waals surface area contributed by atoms with Crippen molar-refractivity contribution in [3.8, 4) is 17.0 Å². The predicted octanol–water partition coefficient (Wildman–Crippen LogP) is 3.72. The van der Waals surface area contributed by atoms with E-state index in [0.29, 0.717) is 13.2 Å². The van der Waals surface area contributed by atoms with Gasteiger partial charge >= 0.3 is 0 Å². The van der Waals surface area contributed by atoms with Crippen LogP contribution in [0.1, 0.15) is 24.8 Å². The normalized spacial score (nSPS) is 14.8. The zero-order valence-electron chi connectivity index (χ0n) is 17.6. The number of aromatic nitrogens is 1. The molecular formula is C25H32N4O. The van der Waals surface area contributed by atoms with Gasteiger partial charge in [0.25, 0.3) is 0 Å². The zero-order valence-corrected chi connectivity index (χ0v) is 17.6. The van der Waals surface area contributed by atoms with Crippen molar-refractivity contribution in [1.82, 2.24) is 15.6 Å². The number of nitrogens with zero attached hydrogens (tertiary/aromatic N) is 1. The minimum absolute atomic E-state index is 0.641. The Morgan fingerprint density at radius 1 is 1.07 bits per heavy atom. The lowest BCUT2D eigenvalue weighted by Crippen LogP contribution is -2.33. The van der Waals surface area contributed by atoms with Crippen molar-refractivity contribution in [2.24, 2.45) is 11.7 Å². The van der Waals surface area contributed by atoms with Gasteiger partial charge in [-0.2, -0.15) is 0 Å². The zero-order chi connectivity index (χ0) is 20.6. The van der Waals surface area contributed by atoms with Gasteiger partial charge in [-0.05, 0) is 81.7 Å². The van der Waals surface area contributed by atoms with Crippen LogP contribution in [0.5, 0.6) is 5.75 Å². The Morgan fingerprint density at radius 2 is 1.93 bits per heavy atom. The highest BCUT2D eigenvalue weighted by Crippen LogP contribution is 2.27. The summed E-state index contributed by atoms with van der Waals surface area (Å²) < 4.78 is 6.03. The lowest BCUT2D eigenvalue weighted by atomic mass is 9.98. The second-order valence-corrected chi connectivity index (χ2v) is 8.03. The van der Waals surface area contributed by atoms with Crippen molar-refractivity contribution < 1.29 is 4.74 Å². The lowest BCUT2D eigenvalue weighted by Gasteiger charge is -2.23. The van der Waals surface area contributed by atoms with Gasteiger partial charge in [-0.1, -0.05) is 24.3 Å². The van der Waals surface area contributed by atoms with E-state index in [0.717, 1.165) is 66.4 Å². The molecule has 2 aromatic carbocycles. The summed E-state index contributed by atoms with van der Waals surface area (Å²) >= 11 is 0. The molecule has 0 bridgehead atoms. The molecule has 5 nitrogen and oxygen atoms in total. The Labute approximate surface area is 179 Å². The second kappa shape index (κ2) is 10.5. The van der Waals surface area contributed by atoms with E-state index < -0.39 is 0 Å². The number of fused-ring (bicyclic) bond motifs is 1. The van der Waals surface area contributed by atoms with E-state index in [1.807, 2.05) is 12.1 Å². The highest BCUT2D eigenvalue weighted by molar-refractivity contribution is 5.81. The van der Waals surface area contributed by atoms with Crippen LogP contribution >= 0.6 is 0 Å². The van der Waals surface area contributed by atoms with Crippen LogP contribution in [0, 0.1) is 5.92 Å². The molecule has 1 fully saturated rings. The summed E-state index contributed by atoms with van der Waals surface area (Å²) in [7, 11) is 0. The topological polar surface area (TPSA) is 72.2 Å². The number of rotatable bonds is 9. The van der Waals surface area contributed by atoms with Gasteiger partial charge < -0.3 is 21.1 Å². The third kappa shape index (κ3) is 5.36. The molecule has 1 saturated heterocycles. The molecule has 5 heteroatoms. The van der Waals surface area contributed by atoms with Crippen LogP contribution in [-0.2, 0) is 6.54 Å². The molecule has 0 atom stereocenters. The maximum absolute atomic E-state index is 6.03. The molecular weight excluding hydrogens is 372 g/mol. The van der Waals surface area contributed by atoms with E-state index in [4.69, 9.17) is 15.5 Å². The van der Waals surface area contributed by atoms with Crippen molar-refractivity contribution in [3.05, 3.63) is 60.2 Å². The molecule has 3 aromatic rings. The Bertz CT molecular complexity index is 953. The standard InChI is InChI=1S/C25H32N4O/c26-12-3-15-30-25-9-7-21(24-8-6-20-4-1-2-5-23(20)29-24)16-22(25)18-28-17-19-10-13-27-14-11-19/h1-2,4-9,16,19,27-28H,3,10-15,17-18,26H2. The van der Waals surface area contributed by atoms with Crippen LogP contribution < -0.4 is 21.1 Å². The first-order valence-electron chi connectivity index (χ1n) is 11.1. The fourth-order valence-corrected chi connectivity index (χ4v) is 4.01. The van der Waals surface area contributed by atoms with E-state index in [1.165, 1.54) is 18.4 Å². The first-order chi connectivity index (χ1) is 14.8. The summed E-state index contributed by atoms with van der Waals surface area (Å²) in [4.78, 5) is 4.86. The number of hydrogen-bond acceptors (Lipinski definition) is 5. The number of nitrogens with two attached hydrogens (primary N) is 1. The summed E-state index contributed by atoms with van der Waals surface area (Å²) in [5.41, 5.74) is 9.93. The number of hydrogen-bond donors (Lipinski definition) is 3. The SMILES string of the molecule is NCCCOc1ccc(-c2ccc3ccccc3n2)cc1CNCC1CCNCC1. The molecule has 30 heavy (non-hydrogen) atoms. The van der Waals surface area contributed by atoms with Crippen LogP contribution in [0.2, 0.25) is 0 Å². The quantitative estimate of drug-likeness (QED) is 0.474. The average molecular weight is 405 g/mol. The molecule has 0 amide bonds. The fraction of sp³-hybridized carbons (Fsp3) is 0.400. The summed E-state index contributed by atoms with van der Waals surface area (Å²) in [6.45, 7) is 5.38. The number of benzene rings is 2. The van der Waals surface area contributed by atoms with E-state index >= 15 is 0 Å². The van der Waals surface area contributed by atoms with Crippen LogP contribution in [-0.4, -0.2) is 37.8 Å². The Kier molecular flexibility index (Phi) is 7.29. The van der Waals surface area contributed by atoms with Gasteiger partial charge in [-0.25, -0.2) is 4.98 Å². The third-order valence-electron chi connectivity index (χ3n) is 5.77. The van der Waals surface area contributed by atoms with Crippen LogP contribution in [0.4, 0.5) is 0 Å². The minimum atomic E-state index is 0.641. The fourth-order valence-electron chi connectivity index (χ4n) is 4.01. The summed E-state index contributed by atoms with van der Waals surface area (Å²) in [6.07, 6.45) is 3.34. The van der Waals surface area contributed by atoms with Crippen LogP contribution in [0.15, 0.2) is 54.6 Å². The van der Waals surface area contributed by atoms with Crippen molar-refractivity contribution in [2.75, 3.05) is 32.8 Å². The Morgan fingerprint density at radius 3 is 2.80 bits per heavy atom. The molecule has 2 heterocycles. The molecule has 0 radical (unpaired) electrons. The minimum Gasteiger partial charge on any atom is -0.493 e. The van der Waals surface area contributed by atoms with Gasteiger partial charge in [0.05, 0.1) is 17.8 Å². The van der Waals surface area contributed by atoms with E-state index in [2.05, 4.69) is 53.1 Å². The van der Waals surface area contributed by atoms with Gasteiger partial charge in [0.15, 0.2) is 0 Å². The molecule has 1 aromatic heterocycles. The maximum Gasteiger partial charge on any atom is 0.123 e. The summed E-state index contributed by atoms with van der Waals surface area (Å²) in [6, 6.07) is 18.9. The number of para-hydroxylation sites is 1. The molecule has 1 aliphatic heterocycles. The van der Waals surface area contributed by atoms with Crippen LogP contribution in [0.25, 0.3) is 22.2 Å². The Hall–Kier alpha value is -2.47. The number of nitrogens with one attached hydrogen (secondary N) is 2. The first-order valence-corrected chi connectivity index (χ1v) is 11.1. The Balaban J connectivity index is 1.52. The first kappa shape index (κ1) is 20.8. The summed E-state index contributed by atoms with van der Waals surface area (Å²) in [5, 5.41) is 8.25. The number of ether oxygens (including phenoxy) is 1. The molecule has 0 aliphatic carbocycles. The molecule has 0 spiro atoms. The van der Waals surface area contributed by atoms with Crippen molar-refractivity contribution >= 4 is 10.9 Å². The van der Waals surface area contributed by atoms with Gasteiger partial charge in [0.1, 0.15) is 5.75 Å². The smallest absolute Gasteiger partial charge is 0.123 e. The van der Waals surface area contributed by atoms with Gasteiger partial charge in [0, 0.05) is 23.1 Å². The average Bonchev–Trinajstić information content (AvgIpc) is 2.80. The molecule has 158 valence electrons. The van der Waals surface area contributed by atoms with E-state index in [-0.39, 0.29) is 0 Å². The maximum atomic E-state index is 6.03. The number of piperidine rings is 1. The monoisotopic (exact) mass is 404 g/mol. The molecule has 4 rings (SSSR count).